The van der Waals surface area contributed by atoms with Gasteiger partial charge in [0.05, 0.1) is 12.4 Å². The summed E-state index contributed by atoms with van der Waals surface area (Å²) in [7, 11) is 1.87. The second-order valence-corrected chi connectivity index (χ2v) is 5.18. The lowest BCUT2D eigenvalue weighted by Gasteiger charge is -2.32. The summed E-state index contributed by atoms with van der Waals surface area (Å²) < 4.78 is 0. The van der Waals surface area contributed by atoms with Gasteiger partial charge >= 0.3 is 0 Å². The van der Waals surface area contributed by atoms with Crippen molar-refractivity contribution in [3.05, 3.63) is 12.4 Å². The maximum Gasteiger partial charge on any atom is 0.147 e. The van der Waals surface area contributed by atoms with Gasteiger partial charge in [-0.1, -0.05) is 6.42 Å². The molecule has 2 N–H and O–H groups in total. The third-order valence-corrected chi connectivity index (χ3v) is 4.08. The lowest BCUT2D eigenvalue weighted by atomic mass is 9.99. The Balaban J connectivity index is 1.68. The number of hydrogen-bond donors (Lipinski definition) is 2. The lowest BCUT2D eigenvalue weighted by Crippen LogP contribution is -2.41. The van der Waals surface area contributed by atoms with Crippen LogP contribution in [0.1, 0.15) is 25.7 Å². The molecule has 2 aliphatic heterocycles. The first-order valence-corrected chi connectivity index (χ1v) is 6.87. The minimum absolute atomic E-state index is 0.534. The summed E-state index contributed by atoms with van der Waals surface area (Å²) in [5.41, 5.74) is 0. The van der Waals surface area contributed by atoms with E-state index in [0.717, 1.165) is 11.6 Å². The molecule has 1 aromatic heterocycles. The average Bonchev–Trinajstić information content (AvgIpc) is 2.83. The molecule has 3 heterocycles. The Bertz CT molecular complexity index is 408. The van der Waals surface area contributed by atoms with E-state index in [1.165, 1.54) is 38.8 Å². The van der Waals surface area contributed by atoms with E-state index in [1.807, 2.05) is 13.2 Å². The van der Waals surface area contributed by atoms with Crippen LogP contribution in [0.4, 0.5) is 11.6 Å². The van der Waals surface area contributed by atoms with E-state index < -0.39 is 0 Å². The van der Waals surface area contributed by atoms with Gasteiger partial charge in [0.1, 0.15) is 11.6 Å². The van der Waals surface area contributed by atoms with E-state index in [4.69, 9.17) is 0 Å². The highest BCUT2D eigenvalue weighted by Gasteiger charge is 2.35. The Kier molecular flexibility index (Phi) is 3.32. The van der Waals surface area contributed by atoms with Crippen LogP contribution in [-0.2, 0) is 0 Å². The number of hydrogen-bond acceptors (Lipinski definition) is 5. The molecular formula is C13H21N5. The van der Waals surface area contributed by atoms with Gasteiger partial charge in [-0.25, -0.2) is 4.98 Å². The molecule has 5 heteroatoms. The van der Waals surface area contributed by atoms with Crippen molar-refractivity contribution in [3.8, 4) is 0 Å². The first-order chi connectivity index (χ1) is 8.86. The molecular weight excluding hydrogens is 226 g/mol. The fourth-order valence-electron chi connectivity index (χ4n) is 3.16. The maximum atomic E-state index is 4.49. The van der Waals surface area contributed by atoms with E-state index >= 15 is 0 Å². The lowest BCUT2D eigenvalue weighted by molar-refractivity contribution is 0.192. The quantitative estimate of drug-likeness (QED) is 0.849. The van der Waals surface area contributed by atoms with Crippen LogP contribution in [-0.4, -0.2) is 47.1 Å². The molecule has 0 bridgehead atoms. The minimum atomic E-state index is 0.534. The van der Waals surface area contributed by atoms with Gasteiger partial charge in [0.15, 0.2) is 0 Å². The van der Waals surface area contributed by atoms with E-state index in [9.17, 15) is 0 Å². The molecule has 2 atom stereocenters. The zero-order valence-corrected chi connectivity index (χ0v) is 10.9. The van der Waals surface area contributed by atoms with Crippen LogP contribution in [0.5, 0.6) is 0 Å². The zero-order chi connectivity index (χ0) is 12.4. The molecule has 0 aromatic carbocycles. The smallest absolute Gasteiger partial charge is 0.147 e. The van der Waals surface area contributed by atoms with Crippen LogP contribution in [0.25, 0.3) is 0 Å². The normalized spacial score (nSPS) is 27.8. The SMILES string of the molecule is CNc1cncc(NC2CCN3CCCCC23)n1. The fourth-order valence-corrected chi connectivity index (χ4v) is 3.16. The Morgan fingerprint density at radius 2 is 2.06 bits per heavy atom. The summed E-state index contributed by atoms with van der Waals surface area (Å²) in [6.45, 7) is 2.49. The molecule has 0 amide bonds. The van der Waals surface area contributed by atoms with Gasteiger partial charge in [0.2, 0.25) is 0 Å². The van der Waals surface area contributed by atoms with Crippen molar-refractivity contribution in [1.29, 1.82) is 0 Å². The molecule has 1 aromatic rings. The summed E-state index contributed by atoms with van der Waals surface area (Å²) in [6.07, 6.45) is 8.81. The number of aromatic nitrogens is 2. The van der Waals surface area contributed by atoms with Gasteiger partial charge in [-0.05, 0) is 25.8 Å². The first kappa shape index (κ1) is 11.7. The Morgan fingerprint density at radius 3 is 2.94 bits per heavy atom. The third-order valence-electron chi connectivity index (χ3n) is 4.08. The topological polar surface area (TPSA) is 53.1 Å². The highest BCUT2D eigenvalue weighted by atomic mass is 15.2. The van der Waals surface area contributed by atoms with Crippen LogP contribution in [0, 0.1) is 0 Å². The van der Waals surface area contributed by atoms with Gasteiger partial charge < -0.3 is 10.6 Å². The number of anilines is 2. The van der Waals surface area contributed by atoms with Crippen molar-refractivity contribution in [2.24, 2.45) is 0 Å². The molecule has 0 spiro atoms. The molecule has 2 aliphatic rings. The van der Waals surface area contributed by atoms with Crippen molar-refractivity contribution in [2.45, 2.75) is 37.8 Å². The first-order valence-electron chi connectivity index (χ1n) is 6.87. The number of fused-ring (bicyclic) bond motifs is 1. The number of nitrogens with one attached hydrogen (secondary N) is 2. The standard InChI is InChI=1S/C13H21N5/c1-14-12-8-15-9-13(17-12)16-10-5-7-18-6-3-2-4-11(10)18/h8-11H,2-7H2,1H3,(H2,14,16,17). The largest absolute Gasteiger partial charge is 0.372 e. The number of rotatable bonds is 3. The van der Waals surface area contributed by atoms with Crippen molar-refractivity contribution < 1.29 is 0 Å². The molecule has 0 aliphatic carbocycles. The van der Waals surface area contributed by atoms with Crippen LogP contribution >= 0.6 is 0 Å². The van der Waals surface area contributed by atoms with E-state index in [2.05, 4.69) is 25.5 Å². The third kappa shape index (κ3) is 2.27. The summed E-state index contributed by atoms with van der Waals surface area (Å²) >= 11 is 0. The molecule has 0 saturated carbocycles. The minimum Gasteiger partial charge on any atom is -0.372 e. The number of piperidine rings is 1. The molecule has 5 nitrogen and oxygen atoms in total. The van der Waals surface area contributed by atoms with Crippen LogP contribution in [0.15, 0.2) is 12.4 Å². The predicted molar refractivity (Wildman–Crippen MR) is 72.8 cm³/mol. The summed E-state index contributed by atoms with van der Waals surface area (Å²) in [5.74, 6) is 1.71. The number of nitrogens with zero attached hydrogens (tertiary/aromatic N) is 3. The molecule has 2 saturated heterocycles. The van der Waals surface area contributed by atoms with Crippen molar-refractivity contribution in [3.63, 3.8) is 0 Å². The van der Waals surface area contributed by atoms with Gasteiger partial charge in [-0.3, -0.25) is 9.88 Å². The van der Waals surface area contributed by atoms with E-state index in [0.29, 0.717) is 12.1 Å². The van der Waals surface area contributed by atoms with E-state index in [1.54, 1.807) is 6.20 Å². The molecule has 18 heavy (non-hydrogen) atoms. The highest BCUT2D eigenvalue weighted by molar-refractivity contribution is 5.42. The second-order valence-electron chi connectivity index (χ2n) is 5.18. The predicted octanol–water partition coefficient (Wildman–Crippen LogP) is 1.56. The summed E-state index contributed by atoms with van der Waals surface area (Å²) in [6, 6.07) is 1.23. The Morgan fingerprint density at radius 1 is 1.17 bits per heavy atom. The second kappa shape index (κ2) is 5.10. The van der Waals surface area contributed by atoms with Gasteiger partial charge in [0.25, 0.3) is 0 Å². The Labute approximate surface area is 108 Å². The monoisotopic (exact) mass is 247 g/mol. The molecule has 0 radical (unpaired) electrons. The van der Waals surface area contributed by atoms with Crippen LogP contribution in [0.3, 0.4) is 0 Å². The van der Waals surface area contributed by atoms with Crippen molar-refractivity contribution in [2.75, 3.05) is 30.8 Å². The molecule has 3 rings (SSSR count). The van der Waals surface area contributed by atoms with Crippen LogP contribution in [0.2, 0.25) is 0 Å². The summed E-state index contributed by atoms with van der Waals surface area (Å²) in [4.78, 5) is 11.3. The highest BCUT2D eigenvalue weighted by Crippen LogP contribution is 2.28. The van der Waals surface area contributed by atoms with Gasteiger partial charge in [0, 0.05) is 25.7 Å². The average molecular weight is 247 g/mol. The fraction of sp³-hybridized carbons (Fsp3) is 0.692. The molecule has 2 fully saturated rings. The summed E-state index contributed by atoms with van der Waals surface area (Å²) in [5, 5.41) is 6.58. The van der Waals surface area contributed by atoms with Crippen LogP contribution < -0.4 is 10.6 Å². The molecule has 2 unspecified atom stereocenters. The van der Waals surface area contributed by atoms with Gasteiger partial charge in [-0.15, -0.1) is 0 Å². The van der Waals surface area contributed by atoms with E-state index in [-0.39, 0.29) is 0 Å². The Hall–Kier alpha value is -1.36. The van der Waals surface area contributed by atoms with Crippen molar-refractivity contribution in [1.82, 2.24) is 14.9 Å². The maximum absolute atomic E-state index is 4.49. The van der Waals surface area contributed by atoms with Crippen molar-refractivity contribution >= 4 is 11.6 Å². The van der Waals surface area contributed by atoms with Gasteiger partial charge in [-0.2, -0.15) is 0 Å². The zero-order valence-electron chi connectivity index (χ0n) is 10.9. The molecule has 98 valence electrons.